The first-order valence-electron chi connectivity index (χ1n) is 14.6. The zero-order valence-electron chi connectivity index (χ0n) is 23.6. The van der Waals surface area contributed by atoms with Gasteiger partial charge in [-0.3, -0.25) is 0 Å². The predicted octanol–water partition coefficient (Wildman–Crippen LogP) is 7.28. The molecule has 0 saturated heterocycles. The number of esters is 2. The normalized spacial score (nSPS) is 15.3. The molecule has 0 heterocycles. The topological polar surface area (TPSA) is 105 Å². The van der Waals surface area contributed by atoms with E-state index in [2.05, 4.69) is 9.78 Å². The summed E-state index contributed by atoms with van der Waals surface area (Å²) >= 11 is 0. The number of carbonyl (C=O) groups is 4. The Labute approximate surface area is 245 Å². The van der Waals surface area contributed by atoms with Crippen LogP contribution in [-0.2, 0) is 19.2 Å². The van der Waals surface area contributed by atoms with Gasteiger partial charge in [0, 0.05) is 0 Å². The van der Waals surface area contributed by atoms with Gasteiger partial charge >= 0.3 is 23.9 Å². The summed E-state index contributed by atoms with van der Waals surface area (Å²) < 4.78 is 11.2. The van der Waals surface area contributed by atoms with Crippen LogP contribution < -0.4 is 0 Å². The Bertz CT molecular complexity index is 1210. The Kier molecular flexibility index (Phi) is 11.7. The van der Waals surface area contributed by atoms with E-state index in [1.54, 1.807) is 84.9 Å². The van der Waals surface area contributed by atoms with Gasteiger partial charge in [0.2, 0.25) is 0 Å². The molecular weight excluding hydrogens is 536 g/mol. The van der Waals surface area contributed by atoms with Crippen LogP contribution in [0.1, 0.15) is 106 Å². The highest BCUT2D eigenvalue weighted by Gasteiger charge is 2.25. The molecule has 3 aromatic carbocycles. The van der Waals surface area contributed by atoms with Crippen molar-refractivity contribution in [1.82, 2.24) is 0 Å². The minimum Gasteiger partial charge on any atom is -0.459 e. The van der Waals surface area contributed by atoms with Crippen LogP contribution in [-0.4, -0.2) is 36.1 Å². The molecule has 0 radical (unpaired) electrons. The molecule has 2 aliphatic carbocycles. The van der Waals surface area contributed by atoms with E-state index in [4.69, 9.17) is 9.47 Å². The van der Waals surface area contributed by atoms with Crippen molar-refractivity contribution >= 4 is 23.9 Å². The Morgan fingerprint density at radius 3 is 1.12 bits per heavy atom. The first kappa shape index (κ1) is 30.5. The number of rotatable bonds is 6. The summed E-state index contributed by atoms with van der Waals surface area (Å²) in [6.45, 7) is 0. The van der Waals surface area contributed by atoms with Crippen LogP contribution >= 0.6 is 0 Å². The minimum absolute atomic E-state index is 0.0197. The third kappa shape index (κ3) is 9.29. The van der Waals surface area contributed by atoms with Crippen molar-refractivity contribution < 1.29 is 38.4 Å². The van der Waals surface area contributed by atoms with Crippen LogP contribution in [0.3, 0.4) is 0 Å². The van der Waals surface area contributed by atoms with Crippen molar-refractivity contribution in [3.8, 4) is 0 Å². The second-order valence-electron chi connectivity index (χ2n) is 10.3. The summed E-state index contributed by atoms with van der Waals surface area (Å²) in [6, 6.07) is 23.4. The van der Waals surface area contributed by atoms with Crippen molar-refractivity contribution in [2.45, 2.75) is 76.4 Å². The maximum atomic E-state index is 12.5. The summed E-state index contributed by atoms with van der Waals surface area (Å²) in [5.74, 6) is -2.23. The molecule has 8 heteroatoms. The van der Waals surface area contributed by atoms with Crippen molar-refractivity contribution in [3.63, 3.8) is 0 Å². The Hall–Kier alpha value is -4.46. The summed E-state index contributed by atoms with van der Waals surface area (Å²) in [7, 11) is 0. The lowest BCUT2D eigenvalue weighted by atomic mass is 9.97. The van der Waals surface area contributed by atoms with E-state index in [0.29, 0.717) is 22.3 Å². The number of ether oxygens (including phenoxy) is 2. The highest BCUT2D eigenvalue weighted by atomic mass is 17.2. The second-order valence-corrected chi connectivity index (χ2v) is 10.3. The fourth-order valence-corrected chi connectivity index (χ4v) is 4.96. The molecule has 220 valence electrons. The van der Waals surface area contributed by atoms with E-state index in [1.807, 2.05) is 0 Å². The molecule has 2 saturated carbocycles. The third-order valence-electron chi connectivity index (χ3n) is 7.23. The van der Waals surface area contributed by atoms with Crippen LogP contribution in [0.4, 0.5) is 0 Å². The van der Waals surface area contributed by atoms with Crippen LogP contribution in [0.25, 0.3) is 0 Å². The molecule has 0 unspecified atom stereocenters. The van der Waals surface area contributed by atoms with Crippen molar-refractivity contribution in [2.24, 2.45) is 0 Å². The minimum atomic E-state index is -0.708. The third-order valence-corrected chi connectivity index (χ3v) is 7.23. The van der Waals surface area contributed by atoms with Crippen LogP contribution in [0, 0.1) is 0 Å². The average molecular weight is 573 g/mol. The maximum absolute atomic E-state index is 12.5. The monoisotopic (exact) mass is 572 g/mol. The molecule has 0 bridgehead atoms. The standard InChI is InChI=1S/C20H26O4.C14H10O4/c21-19(23-15-9-3-1-4-10-15)17-13-7-8-14-18(17)20(22)24-16-11-5-2-6-12-16;15-13(11-7-3-1-4-8-11)17-18-14(16)12-9-5-2-6-10-12/h7-8,13-16H,1-6,9-12H2;1-10H. The molecule has 42 heavy (non-hydrogen) atoms. The zero-order chi connectivity index (χ0) is 29.6. The van der Waals surface area contributed by atoms with Crippen LogP contribution in [0.2, 0.25) is 0 Å². The Morgan fingerprint density at radius 2 is 0.762 bits per heavy atom. The molecule has 5 rings (SSSR count). The molecule has 0 aromatic heterocycles. The van der Waals surface area contributed by atoms with Gasteiger partial charge in [-0.2, -0.15) is 0 Å². The van der Waals surface area contributed by atoms with Crippen molar-refractivity contribution in [3.05, 3.63) is 107 Å². The van der Waals surface area contributed by atoms with E-state index >= 15 is 0 Å². The van der Waals surface area contributed by atoms with E-state index < -0.39 is 23.9 Å². The van der Waals surface area contributed by atoms with Gasteiger partial charge in [0.1, 0.15) is 12.2 Å². The first-order chi connectivity index (χ1) is 20.5. The molecule has 8 nitrogen and oxygen atoms in total. The molecule has 2 aliphatic rings. The molecule has 0 spiro atoms. The van der Waals surface area contributed by atoms with E-state index in [1.165, 1.54) is 12.8 Å². The molecule has 0 atom stereocenters. The van der Waals surface area contributed by atoms with Gasteiger partial charge in [0.05, 0.1) is 22.3 Å². The van der Waals surface area contributed by atoms with E-state index in [0.717, 1.165) is 51.4 Å². The lowest BCUT2D eigenvalue weighted by Gasteiger charge is -2.23. The smallest absolute Gasteiger partial charge is 0.386 e. The molecule has 0 N–H and O–H groups in total. The van der Waals surface area contributed by atoms with Gasteiger partial charge in [-0.05, 0) is 87.8 Å². The van der Waals surface area contributed by atoms with E-state index in [9.17, 15) is 19.2 Å². The number of hydrogen-bond acceptors (Lipinski definition) is 8. The lowest BCUT2D eigenvalue weighted by molar-refractivity contribution is -0.187. The molecular formula is C34H36O8. The highest BCUT2D eigenvalue weighted by molar-refractivity contribution is 6.03. The summed E-state index contributed by atoms with van der Waals surface area (Å²) in [6.07, 6.45) is 10.4. The molecule has 0 aliphatic heterocycles. The van der Waals surface area contributed by atoms with Crippen molar-refractivity contribution in [1.29, 1.82) is 0 Å². The maximum Gasteiger partial charge on any atom is 0.386 e. The summed E-state index contributed by atoms with van der Waals surface area (Å²) in [4.78, 5) is 56.9. The van der Waals surface area contributed by atoms with Crippen LogP contribution in [0.15, 0.2) is 84.9 Å². The predicted molar refractivity (Wildman–Crippen MR) is 155 cm³/mol. The quantitative estimate of drug-likeness (QED) is 0.172. The number of hydrogen-bond donors (Lipinski definition) is 0. The van der Waals surface area contributed by atoms with Gasteiger partial charge in [-0.25, -0.2) is 29.0 Å². The molecule has 3 aromatic rings. The first-order valence-corrected chi connectivity index (χ1v) is 14.6. The summed E-state index contributed by atoms with van der Waals surface area (Å²) in [5.41, 5.74) is 1.28. The Morgan fingerprint density at radius 1 is 0.429 bits per heavy atom. The van der Waals surface area contributed by atoms with Crippen molar-refractivity contribution in [2.75, 3.05) is 0 Å². The van der Waals surface area contributed by atoms with Gasteiger partial charge in [0.15, 0.2) is 0 Å². The zero-order valence-corrected chi connectivity index (χ0v) is 23.6. The molecule has 2 fully saturated rings. The second kappa shape index (κ2) is 16.1. The van der Waals surface area contributed by atoms with Gasteiger partial charge in [-0.15, -0.1) is 0 Å². The number of carbonyl (C=O) groups excluding carboxylic acids is 4. The molecule has 0 amide bonds. The highest BCUT2D eigenvalue weighted by Crippen LogP contribution is 2.24. The van der Waals surface area contributed by atoms with E-state index in [-0.39, 0.29) is 12.2 Å². The van der Waals surface area contributed by atoms with Gasteiger partial charge in [0.25, 0.3) is 0 Å². The lowest BCUT2D eigenvalue weighted by Crippen LogP contribution is -2.24. The SMILES string of the molecule is O=C(OC1CCCCC1)c1ccccc1C(=O)OC1CCCCC1.O=C(OOC(=O)c1ccccc1)c1ccccc1. The Balaban J connectivity index is 0.000000201. The fourth-order valence-electron chi connectivity index (χ4n) is 4.96. The fraction of sp³-hybridized carbons (Fsp3) is 0.353. The van der Waals surface area contributed by atoms with Crippen LogP contribution in [0.5, 0.6) is 0 Å². The average Bonchev–Trinajstić information content (AvgIpc) is 3.05. The number of benzene rings is 3. The largest absolute Gasteiger partial charge is 0.459 e. The van der Waals surface area contributed by atoms with Gasteiger partial charge in [-0.1, -0.05) is 61.4 Å². The summed E-state index contributed by atoms with van der Waals surface area (Å²) in [5, 5.41) is 0. The van der Waals surface area contributed by atoms with Gasteiger partial charge < -0.3 is 9.47 Å².